The summed E-state index contributed by atoms with van der Waals surface area (Å²) in [5, 5.41) is 0. The van der Waals surface area contributed by atoms with Crippen molar-refractivity contribution in [2.75, 3.05) is 24.8 Å². The van der Waals surface area contributed by atoms with Crippen molar-refractivity contribution in [1.82, 2.24) is 0 Å². The third-order valence-electron chi connectivity index (χ3n) is 2.45. The fraction of sp³-hybridized carbons (Fsp3) is 0.455. The van der Waals surface area contributed by atoms with E-state index in [4.69, 9.17) is 10.5 Å². The first-order chi connectivity index (χ1) is 6.97. The molecule has 0 saturated heterocycles. The van der Waals surface area contributed by atoms with Crippen molar-refractivity contribution in [3.8, 4) is 5.75 Å². The molecule has 1 rings (SSSR count). The summed E-state index contributed by atoms with van der Waals surface area (Å²) in [4.78, 5) is 1.83. The van der Waals surface area contributed by atoms with Crippen LogP contribution in [0.5, 0.6) is 5.75 Å². The van der Waals surface area contributed by atoms with Crippen LogP contribution in [0.3, 0.4) is 0 Å². The fourth-order valence-corrected chi connectivity index (χ4v) is 1.28. The first-order valence-corrected chi connectivity index (χ1v) is 4.83. The highest BCUT2D eigenvalue weighted by Gasteiger charge is 2.13. The number of rotatable bonds is 3. The number of ether oxygens (including phenoxy) is 1. The minimum absolute atomic E-state index is 0.216. The van der Waals surface area contributed by atoms with E-state index >= 15 is 0 Å². The maximum absolute atomic E-state index is 13.6. The largest absolute Gasteiger partial charge is 0.495 e. The summed E-state index contributed by atoms with van der Waals surface area (Å²) >= 11 is 0. The molecule has 0 radical (unpaired) electrons. The molecular formula is C11H17FN2O. The maximum Gasteiger partial charge on any atom is 0.148 e. The third-order valence-corrected chi connectivity index (χ3v) is 2.45. The van der Waals surface area contributed by atoms with E-state index in [1.807, 2.05) is 25.8 Å². The predicted molar refractivity (Wildman–Crippen MR) is 60.9 cm³/mol. The summed E-state index contributed by atoms with van der Waals surface area (Å²) in [5.74, 6) is 0.170. The monoisotopic (exact) mass is 212 g/mol. The van der Waals surface area contributed by atoms with Gasteiger partial charge in [-0.05, 0) is 13.8 Å². The van der Waals surface area contributed by atoms with Crippen LogP contribution < -0.4 is 15.4 Å². The van der Waals surface area contributed by atoms with Crippen molar-refractivity contribution >= 4 is 11.4 Å². The zero-order chi connectivity index (χ0) is 11.6. The first-order valence-electron chi connectivity index (χ1n) is 4.83. The highest BCUT2D eigenvalue weighted by atomic mass is 19.1. The van der Waals surface area contributed by atoms with Crippen LogP contribution in [0.2, 0.25) is 0 Å². The second-order valence-corrected chi connectivity index (χ2v) is 3.75. The molecule has 0 spiro atoms. The summed E-state index contributed by atoms with van der Waals surface area (Å²) < 4.78 is 18.7. The lowest BCUT2D eigenvalue weighted by Gasteiger charge is -2.25. The minimum atomic E-state index is -0.329. The standard InChI is InChI=1S/C11H17FN2O/c1-7(2)14(3)10-6-11(15-4)9(13)5-8(10)12/h5-7H,13H2,1-4H3. The van der Waals surface area contributed by atoms with Gasteiger partial charge in [-0.25, -0.2) is 4.39 Å². The average molecular weight is 212 g/mol. The molecule has 1 aromatic rings. The normalized spacial score (nSPS) is 10.5. The van der Waals surface area contributed by atoms with E-state index in [0.29, 0.717) is 17.1 Å². The maximum atomic E-state index is 13.6. The highest BCUT2D eigenvalue weighted by molar-refractivity contribution is 5.63. The summed E-state index contributed by atoms with van der Waals surface area (Å²) in [5.41, 5.74) is 6.41. The summed E-state index contributed by atoms with van der Waals surface area (Å²) in [6, 6.07) is 3.12. The summed E-state index contributed by atoms with van der Waals surface area (Å²) in [6.07, 6.45) is 0. The Morgan fingerprint density at radius 1 is 1.40 bits per heavy atom. The lowest BCUT2D eigenvalue weighted by Crippen LogP contribution is -2.26. The second kappa shape index (κ2) is 4.38. The number of anilines is 2. The summed E-state index contributed by atoms with van der Waals surface area (Å²) in [7, 11) is 3.35. The molecule has 2 N–H and O–H groups in total. The molecule has 0 fully saturated rings. The van der Waals surface area contributed by atoms with Crippen LogP contribution in [0.15, 0.2) is 12.1 Å². The number of methoxy groups -OCH3 is 1. The van der Waals surface area contributed by atoms with E-state index in [2.05, 4.69) is 0 Å². The van der Waals surface area contributed by atoms with Crippen molar-refractivity contribution in [3.05, 3.63) is 17.9 Å². The lowest BCUT2D eigenvalue weighted by atomic mass is 10.2. The minimum Gasteiger partial charge on any atom is -0.495 e. The van der Waals surface area contributed by atoms with Gasteiger partial charge >= 0.3 is 0 Å². The summed E-state index contributed by atoms with van der Waals surface area (Å²) in [6.45, 7) is 3.98. The zero-order valence-corrected chi connectivity index (χ0v) is 9.54. The van der Waals surface area contributed by atoms with Crippen LogP contribution in [0.1, 0.15) is 13.8 Å². The molecule has 0 aliphatic carbocycles. The highest BCUT2D eigenvalue weighted by Crippen LogP contribution is 2.30. The Labute approximate surface area is 89.6 Å². The third kappa shape index (κ3) is 2.32. The number of benzene rings is 1. The van der Waals surface area contributed by atoms with E-state index in [1.54, 1.807) is 6.07 Å². The lowest BCUT2D eigenvalue weighted by molar-refractivity contribution is 0.416. The van der Waals surface area contributed by atoms with Crippen molar-refractivity contribution in [2.45, 2.75) is 19.9 Å². The molecule has 0 aromatic heterocycles. The number of nitrogens with two attached hydrogens (primary N) is 1. The number of hydrogen-bond acceptors (Lipinski definition) is 3. The average Bonchev–Trinajstić information content (AvgIpc) is 2.17. The molecule has 0 aliphatic rings. The van der Waals surface area contributed by atoms with Gasteiger partial charge in [0.05, 0.1) is 18.5 Å². The molecule has 15 heavy (non-hydrogen) atoms. The first kappa shape index (κ1) is 11.6. The van der Waals surface area contributed by atoms with Crippen molar-refractivity contribution in [2.24, 2.45) is 0 Å². The number of nitrogen functional groups attached to an aromatic ring is 1. The van der Waals surface area contributed by atoms with Crippen molar-refractivity contribution in [1.29, 1.82) is 0 Å². The molecule has 0 aliphatic heterocycles. The SMILES string of the molecule is COc1cc(N(C)C(C)C)c(F)cc1N. The Morgan fingerprint density at radius 3 is 2.47 bits per heavy atom. The number of hydrogen-bond donors (Lipinski definition) is 1. The molecule has 84 valence electrons. The van der Waals surface area contributed by atoms with Gasteiger partial charge in [0.15, 0.2) is 0 Å². The van der Waals surface area contributed by atoms with Gasteiger partial charge in [-0.1, -0.05) is 0 Å². The van der Waals surface area contributed by atoms with Gasteiger partial charge in [0.2, 0.25) is 0 Å². The van der Waals surface area contributed by atoms with Gasteiger partial charge in [0, 0.05) is 25.2 Å². The Balaban J connectivity index is 3.18. The Hall–Kier alpha value is -1.45. The molecule has 3 nitrogen and oxygen atoms in total. The molecule has 0 atom stereocenters. The van der Waals surface area contributed by atoms with E-state index < -0.39 is 0 Å². The number of nitrogens with zero attached hydrogens (tertiary/aromatic N) is 1. The Kier molecular flexibility index (Phi) is 3.39. The van der Waals surface area contributed by atoms with Crippen LogP contribution in [-0.4, -0.2) is 20.2 Å². The van der Waals surface area contributed by atoms with Crippen molar-refractivity contribution < 1.29 is 9.13 Å². The topological polar surface area (TPSA) is 38.5 Å². The fourth-order valence-electron chi connectivity index (χ4n) is 1.28. The molecule has 0 unspecified atom stereocenters. The van der Waals surface area contributed by atoms with E-state index in [1.165, 1.54) is 13.2 Å². The van der Waals surface area contributed by atoms with E-state index in [-0.39, 0.29) is 11.9 Å². The van der Waals surface area contributed by atoms with Gasteiger partial charge in [-0.3, -0.25) is 0 Å². The van der Waals surface area contributed by atoms with Gasteiger partial charge in [0.25, 0.3) is 0 Å². The number of halogens is 1. The Morgan fingerprint density at radius 2 is 2.00 bits per heavy atom. The van der Waals surface area contributed by atoms with Gasteiger partial charge < -0.3 is 15.4 Å². The van der Waals surface area contributed by atoms with Crippen LogP contribution in [0.25, 0.3) is 0 Å². The molecule has 0 heterocycles. The second-order valence-electron chi connectivity index (χ2n) is 3.75. The molecule has 0 amide bonds. The van der Waals surface area contributed by atoms with E-state index in [0.717, 1.165) is 0 Å². The van der Waals surface area contributed by atoms with Crippen LogP contribution in [0.4, 0.5) is 15.8 Å². The molecule has 1 aromatic carbocycles. The van der Waals surface area contributed by atoms with Gasteiger partial charge in [-0.2, -0.15) is 0 Å². The van der Waals surface area contributed by atoms with Gasteiger partial charge in [-0.15, -0.1) is 0 Å². The molecule has 0 bridgehead atoms. The van der Waals surface area contributed by atoms with Crippen LogP contribution in [-0.2, 0) is 0 Å². The molecular weight excluding hydrogens is 195 g/mol. The van der Waals surface area contributed by atoms with E-state index in [9.17, 15) is 4.39 Å². The smallest absolute Gasteiger partial charge is 0.148 e. The van der Waals surface area contributed by atoms with Crippen LogP contribution in [0, 0.1) is 5.82 Å². The zero-order valence-electron chi connectivity index (χ0n) is 9.54. The Bertz CT molecular complexity index is 353. The van der Waals surface area contributed by atoms with Crippen LogP contribution >= 0.6 is 0 Å². The van der Waals surface area contributed by atoms with Gasteiger partial charge in [0.1, 0.15) is 11.6 Å². The van der Waals surface area contributed by atoms with Crippen molar-refractivity contribution in [3.63, 3.8) is 0 Å². The molecule has 4 heteroatoms. The predicted octanol–water partition coefficient (Wildman–Crippen LogP) is 2.26. The molecule has 0 saturated carbocycles. The quantitative estimate of drug-likeness (QED) is 0.781.